The molecule has 110 valence electrons. The van der Waals surface area contributed by atoms with Gasteiger partial charge in [-0.2, -0.15) is 13.2 Å². The van der Waals surface area contributed by atoms with Gasteiger partial charge in [-0.1, -0.05) is 11.6 Å². The first-order valence-corrected chi connectivity index (χ1v) is 5.48. The zero-order valence-corrected chi connectivity index (χ0v) is 10.7. The monoisotopic (exact) mass is 311 g/mol. The fourth-order valence-corrected chi connectivity index (χ4v) is 1.41. The van der Waals surface area contributed by atoms with Crippen LogP contribution in [-0.2, 0) is 4.79 Å². The van der Waals surface area contributed by atoms with Crippen LogP contribution in [0.2, 0.25) is 5.02 Å². The van der Waals surface area contributed by atoms with Gasteiger partial charge < -0.3 is 15.5 Å². The Hall–Kier alpha value is -1.80. The highest BCUT2D eigenvalue weighted by Crippen LogP contribution is 2.31. The van der Waals surface area contributed by atoms with Gasteiger partial charge >= 0.3 is 12.1 Å². The average Bonchev–Trinajstić information content (AvgIpc) is 2.26. The molecule has 1 atom stereocenters. The van der Waals surface area contributed by atoms with E-state index in [1.807, 2.05) is 5.32 Å². The molecule has 0 aliphatic carbocycles. The number of hydrogen-bond acceptors (Lipinski definition) is 3. The number of carbonyl (C=O) groups excluding carboxylic acids is 1. The van der Waals surface area contributed by atoms with Crippen LogP contribution in [0.1, 0.15) is 17.3 Å². The Morgan fingerprint density at radius 2 is 1.85 bits per heavy atom. The predicted octanol–water partition coefficient (Wildman–Crippen LogP) is 2.29. The molecule has 0 aliphatic heterocycles. The van der Waals surface area contributed by atoms with Gasteiger partial charge in [0.15, 0.2) is 0 Å². The van der Waals surface area contributed by atoms with Crippen molar-refractivity contribution in [1.29, 1.82) is 0 Å². The van der Waals surface area contributed by atoms with Crippen LogP contribution in [0.15, 0.2) is 18.2 Å². The Balaban J connectivity index is 2.98. The Bertz CT molecular complexity index is 557. The molecule has 0 radical (unpaired) electrons. The SMILES string of the molecule is CC(O)(C(=O)Nc1ccc(C(=O)O)c(Cl)c1)C(F)(F)F. The second-order valence-corrected chi connectivity index (χ2v) is 4.43. The predicted molar refractivity (Wildman–Crippen MR) is 63.7 cm³/mol. The van der Waals surface area contributed by atoms with Crippen molar-refractivity contribution in [1.82, 2.24) is 0 Å². The molecule has 0 spiro atoms. The van der Waals surface area contributed by atoms with E-state index in [-0.39, 0.29) is 16.3 Å². The van der Waals surface area contributed by atoms with Gasteiger partial charge in [-0.15, -0.1) is 0 Å². The van der Waals surface area contributed by atoms with E-state index in [1.165, 1.54) is 0 Å². The molecule has 0 aliphatic rings. The fraction of sp³-hybridized carbons (Fsp3) is 0.273. The van der Waals surface area contributed by atoms with E-state index in [0.29, 0.717) is 6.92 Å². The molecule has 1 aromatic carbocycles. The maximum atomic E-state index is 12.4. The second-order valence-electron chi connectivity index (χ2n) is 4.02. The minimum Gasteiger partial charge on any atom is -0.478 e. The fourth-order valence-electron chi connectivity index (χ4n) is 1.15. The number of halogens is 4. The third-order valence-corrected chi connectivity index (χ3v) is 2.76. The normalized spacial score (nSPS) is 14.5. The van der Waals surface area contributed by atoms with Gasteiger partial charge in [-0.25, -0.2) is 4.79 Å². The van der Waals surface area contributed by atoms with Crippen molar-refractivity contribution in [3.63, 3.8) is 0 Å². The van der Waals surface area contributed by atoms with E-state index in [9.17, 15) is 22.8 Å². The third-order valence-electron chi connectivity index (χ3n) is 2.45. The van der Waals surface area contributed by atoms with Crippen molar-refractivity contribution < 1.29 is 33.0 Å². The molecule has 0 bridgehead atoms. The Kier molecular flexibility index (Phi) is 4.30. The van der Waals surface area contributed by atoms with Gasteiger partial charge in [-0.3, -0.25) is 4.79 Å². The molecule has 1 unspecified atom stereocenters. The van der Waals surface area contributed by atoms with Crippen LogP contribution < -0.4 is 5.32 Å². The Labute approximate surface area is 116 Å². The molecule has 0 saturated carbocycles. The number of carbonyl (C=O) groups is 2. The van der Waals surface area contributed by atoms with E-state index in [1.54, 1.807) is 0 Å². The minimum atomic E-state index is -5.15. The number of anilines is 1. The second kappa shape index (κ2) is 5.29. The van der Waals surface area contributed by atoms with Crippen LogP contribution in [0.3, 0.4) is 0 Å². The maximum Gasteiger partial charge on any atom is 0.426 e. The summed E-state index contributed by atoms with van der Waals surface area (Å²) in [5, 5.41) is 19.4. The van der Waals surface area contributed by atoms with E-state index in [4.69, 9.17) is 21.8 Å². The summed E-state index contributed by atoms with van der Waals surface area (Å²) in [6, 6.07) is 3.04. The molecular formula is C11H9ClF3NO4. The van der Waals surface area contributed by atoms with Crippen molar-refractivity contribution in [3.8, 4) is 0 Å². The molecule has 5 nitrogen and oxygen atoms in total. The molecule has 0 aromatic heterocycles. The van der Waals surface area contributed by atoms with Gasteiger partial charge in [0.25, 0.3) is 5.91 Å². The Morgan fingerprint density at radius 1 is 1.30 bits per heavy atom. The van der Waals surface area contributed by atoms with Gasteiger partial charge in [0.05, 0.1) is 10.6 Å². The zero-order chi connectivity index (χ0) is 15.7. The largest absolute Gasteiger partial charge is 0.478 e. The number of rotatable bonds is 3. The summed E-state index contributed by atoms with van der Waals surface area (Å²) in [6.07, 6.45) is -5.15. The summed E-state index contributed by atoms with van der Waals surface area (Å²) < 4.78 is 37.3. The summed E-state index contributed by atoms with van der Waals surface area (Å²) in [5.41, 5.74) is -4.02. The first-order valence-electron chi connectivity index (χ1n) is 5.10. The van der Waals surface area contributed by atoms with Crippen LogP contribution in [0.25, 0.3) is 0 Å². The van der Waals surface area contributed by atoms with Crippen molar-refractivity contribution >= 4 is 29.2 Å². The van der Waals surface area contributed by atoms with Crippen LogP contribution in [-0.4, -0.2) is 33.9 Å². The van der Waals surface area contributed by atoms with Crippen molar-refractivity contribution in [2.45, 2.75) is 18.7 Å². The molecule has 1 rings (SSSR count). The molecule has 9 heteroatoms. The summed E-state index contributed by atoms with van der Waals surface area (Å²) in [6.45, 7) is 0.301. The molecule has 0 fully saturated rings. The summed E-state index contributed by atoms with van der Waals surface area (Å²) in [4.78, 5) is 22.1. The molecule has 3 N–H and O–H groups in total. The minimum absolute atomic E-state index is 0.172. The highest BCUT2D eigenvalue weighted by Gasteiger charge is 2.55. The van der Waals surface area contributed by atoms with E-state index >= 15 is 0 Å². The average molecular weight is 312 g/mol. The number of carboxylic acids is 1. The molecule has 20 heavy (non-hydrogen) atoms. The van der Waals surface area contributed by atoms with E-state index < -0.39 is 23.7 Å². The van der Waals surface area contributed by atoms with Crippen molar-refractivity contribution in [3.05, 3.63) is 28.8 Å². The molecular weight excluding hydrogens is 303 g/mol. The highest BCUT2D eigenvalue weighted by atomic mass is 35.5. The standard InChI is InChI=1S/C11H9ClF3NO4/c1-10(20,11(13,14)15)9(19)16-5-2-3-6(8(17)18)7(12)4-5/h2-4,20H,1H3,(H,16,19)(H,17,18). The van der Waals surface area contributed by atoms with Gasteiger partial charge in [0, 0.05) is 5.69 Å². The van der Waals surface area contributed by atoms with Gasteiger partial charge in [-0.05, 0) is 25.1 Å². The first-order chi connectivity index (χ1) is 8.96. The number of nitrogens with one attached hydrogen (secondary N) is 1. The number of alkyl halides is 3. The lowest BCUT2D eigenvalue weighted by Crippen LogP contribution is -2.52. The summed E-state index contributed by atoms with van der Waals surface area (Å²) in [7, 11) is 0. The van der Waals surface area contributed by atoms with Gasteiger partial charge in [0.1, 0.15) is 0 Å². The molecule has 1 amide bonds. The lowest BCUT2D eigenvalue weighted by molar-refractivity contribution is -0.242. The van der Waals surface area contributed by atoms with Crippen LogP contribution in [0.5, 0.6) is 0 Å². The van der Waals surface area contributed by atoms with E-state index in [2.05, 4.69) is 0 Å². The number of hydrogen-bond donors (Lipinski definition) is 3. The van der Waals surface area contributed by atoms with Crippen molar-refractivity contribution in [2.75, 3.05) is 5.32 Å². The Morgan fingerprint density at radius 3 is 2.25 bits per heavy atom. The molecule has 1 aromatic rings. The van der Waals surface area contributed by atoms with E-state index in [0.717, 1.165) is 18.2 Å². The smallest absolute Gasteiger partial charge is 0.426 e. The number of aliphatic hydroxyl groups is 1. The van der Waals surface area contributed by atoms with Crippen LogP contribution in [0.4, 0.5) is 18.9 Å². The lowest BCUT2D eigenvalue weighted by Gasteiger charge is -2.24. The number of benzene rings is 1. The molecule has 0 heterocycles. The van der Waals surface area contributed by atoms with Crippen LogP contribution in [0, 0.1) is 0 Å². The zero-order valence-electron chi connectivity index (χ0n) is 9.95. The first kappa shape index (κ1) is 16.3. The molecule has 0 saturated heterocycles. The number of carboxylic acid groups (broad SMARTS) is 1. The van der Waals surface area contributed by atoms with Crippen LogP contribution >= 0.6 is 11.6 Å². The quantitative estimate of drug-likeness (QED) is 0.799. The topological polar surface area (TPSA) is 86.6 Å². The highest BCUT2D eigenvalue weighted by molar-refractivity contribution is 6.33. The lowest BCUT2D eigenvalue weighted by atomic mass is 10.1. The van der Waals surface area contributed by atoms with Gasteiger partial charge in [0.2, 0.25) is 5.60 Å². The number of amides is 1. The third kappa shape index (κ3) is 3.20. The number of aromatic carboxylic acids is 1. The summed E-state index contributed by atoms with van der Waals surface area (Å²) >= 11 is 5.60. The summed E-state index contributed by atoms with van der Waals surface area (Å²) in [5.74, 6) is -3.03. The van der Waals surface area contributed by atoms with Crippen molar-refractivity contribution in [2.24, 2.45) is 0 Å². The maximum absolute atomic E-state index is 12.4.